The second kappa shape index (κ2) is 5.48. The molecule has 1 unspecified atom stereocenters. The second-order valence-electron chi connectivity index (χ2n) is 3.31. The summed E-state index contributed by atoms with van der Waals surface area (Å²) in [5.41, 5.74) is 5.75. The summed E-state index contributed by atoms with van der Waals surface area (Å²) in [5, 5.41) is 2.30. The first-order valence-electron chi connectivity index (χ1n) is 4.95. The Morgan fingerprint density at radius 1 is 1.25 bits per heavy atom. The molecule has 0 aliphatic carbocycles. The number of benzene rings is 1. The zero-order chi connectivity index (χ0) is 11.4. The summed E-state index contributed by atoms with van der Waals surface area (Å²) in [4.78, 5) is 2.31. The lowest BCUT2D eigenvalue weighted by atomic mass is 10.3. The molecule has 2 N–H and O–H groups in total. The van der Waals surface area contributed by atoms with Crippen molar-refractivity contribution in [2.75, 3.05) is 6.54 Å². The van der Waals surface area contributed by atoms with Crippen molar-refractivity contribution in [3.63, 3.8) is 0 Å². The van der Waals surface area contributed by atoms with Crippen molar-refractivity contribution in [1.82, 2.24) is 0 Å². The summed E-state index contributed by atoms with van der Waals surface area (Å²) in [6.07, 6.45) is 0. The topological polar surface area (TPSA) is 26.0 Å². The molecule has 0 bridgehead atoms. The van der Waals surface area contributed by atoms with Gasteiger partial charge in [-0.1, -0.05) is 6.07 Å². The number of halogens is 1. The van der Waals surface area contributed by atoms with E-state index < -0.39 is 0 Å². The highest BCUT2D eigenvalue weighted by molar-refractivity contribution is 7.99. The summed E-state index contributed by atoms with van der Waals surface area (Å²) >= 11 is 3.38. The number of hydrogen-bond donors (Lipinski definition) is 1. The molecule has 0 saturated heterocycles. The van der Waals surface area contributed by atoms with Crippen LogP contribution in [0, 0.1) is 5.82 Å². The Morgan fingerprint density at radius 3 is 2.56 bits per heavy atom. The van der Waals surface area contributed by atoms with Crippen molar-refractivity contribution in [3.8, 4) is 0 Å². The molecular formula is C12H12FNS2. The molecule has 0 saturated carbocycles. The Hall–Kier alpha value is -0.840. The molecule has 1 aromatic heterocycles. The van der Waals surface area contributed by atoms with Gasteiger partial charge < -0.3 is 5.73 Å². The average Bonchev–Trinajstić information content (AvgIpc) is 2.82. The van der Waals surface area contributed by atoms with Crippen LogP contribution in [0.5, 0.6) is 0 Å². The Morgan fingerprint density at radius 2 is 2.00 bits per heavy atom. The second-order valence-corrected chi connectivity index (χ2v) is 5.57. The van der Waals surface area contributed by atoms with Crippen molar-refractivity contribution in [3.05, 3.63) is 52.5 Å². The van der Waals surface area contributed by atoms with Gasteiger partial charge >= 0.3 is 0 Å². The van der Waals surface area contributed by atoms with E-state index in [1.165, 1.54) is 17.0 Å². The average molecular weight is 253 g/mol. The van der Waals surface area contributed by atoms with Gasteiger partial charge in [0.15, 0.2) is 0 Å². The van der Waals surface area contributed by atoms with E-state index in [9.17, 15) is 4.39 Å². The van der Waals surface area contributed by atoms with Crippen LogP contribution < -0.4 is 5.73 Å². The summed E-state index contributed by atoms with van der Waals surface area (Å²) in [5.74, 6) is -0.204. The molecule has 4 heteroatoms. The van der Waals surface area contributed by atoms with Crippen LogP contribution in [-0.2, 0) is 0 Å². The number of hydrogen-bond acceptors (Lipinski definition) is 3. The molecule has 1 aromatic carbocycles. The summed E-state index contributed by atoms with van der Waals surface area (Å²) in [6, 6.07) is 10.6. The van der Waals surface area contributed by atoms with E-state index in [0.717, 1.165) is 4.90 Å². The van der Waals surface area contributed by atoms with Crippen molar-refractivity contribution in [2.24, 2.45) is 5.73 Å². The number of rotatable bonds is 4. The standard InChI is InChI=1S/C12H12FNS2/c13-9-3-5-10(6-4-9)16-12(8-14)11-2-1-7-15-11/h1-7,12H,8,14H2. The maximum Gasteiger partial charge on any atom is 0.123 e. The molecule has 0 radical (unpaired) electrons. The van der Waals surface area contributed by atoms with E-state index in [2.05, 4.69) is 6.07 Å². The lowest BCUT2D eigenvalue weighted by Gasteiger charge is -2.12. The minimum absolute atomic E-state index is 0.204. The maximum atomic E-state index is 12.7. The lowest BCUT2D eigenvalue weighted by molar-refractivity contribution is 0.626. The third-order valence-electron chi connectivity index (χ3n) is 2.17. The molecule has 16 heavy (non-hydrogen) atoms. The van der Waals surface area contributed by atoms with Gasteiger partial charge in [-0.25, -0.2) is 4.39 Å². The first-order chi connectivity index (χ1) is 7.79. The van der Waals surface area contributed by atoms with Crippen LogP contribution in [-0.4, -0.2) is 6.54 Å². The quantitative estimate of drug-likeness (QED) is 0.841. The van der Waals surface area contributed by atoms with Crippen LogP contribution in [0.3, 0.4) is 0 Å². The predicted molar refractivity (Wildman–Crippen MR) is 68.4 cm³/mol. The smallest absolute Gasteiger partial charge is 0.123 e. The lowest BCUT2D eigenvalue weighted by Crippen LogP contribution is -2.07. The fraction of sp³-hybridized carbons (Fsp3) is 0.167. The highest BCUT2D eigenvalue weighted by atomic mass is 32.2. The van der Waals surface area contributed by atoms with E-state index in [1.807, 2.05) is 11.4 Å². The van der Waals surface area contributed by atoms with Gasteiger partial charge in [-0.3, -0.25) is 0 Å². The van der Waals surface area contributed by atoms with E-state index in [1.54, 1.807) is 35.2 Å². The first kappa shape index (κ1) is 11.6. The molecule has 2 aromatic rings. The van der Waals surface area contributed by atoms with Crippen LogP contribution >= 0.6 is 23.1 Å². The summed E-state index contributed by atoms with van der Waals surface area (Å²) in [7, 11) is 0. The van der Waals surface area contributed by atoms with Gasteiger partial charge in [-0.2, -0.15) is 0 Å². The Labute approximate surface area is 102 Å². The summed E-state index contributed by atoms with van der Waals surface area (Å²) in [6.45, 7) is 0.586. The SMILES string of the molecule is NCC(Sc1ccc(F)cc1)c1cccs1. The first-order valence-corrected chi connectivity index (χ1v) is 6.71. The molecule has 0 amide bonds. The Kier molecular flexibility index (Phi) is 3.98. The van der Waals surface area contributed by atoms with Crippen LogP contribution in [0.4, 0.5) is 4.39 Å². The molecule has 1 atom stereocenters. The molecule has 1 heterocycles. The number of thioether (sulfide) groups is 1. The van der Waals surface area contributed by atoms with E-state index >= 15 is 0 Å². The van der Waals surface area contributed by atoms with Crippen LogP contribution in [0.2, 0.25) is 0 Å². The highest BCUT2D eigenvalue weighted by Crippen LogP contribution is 2.36. The van der Waals surface area contributed by atoms with E-state index in [-0.39, 0.29) is 11.1 Å². The van der Waals surface area contributed by atoms with Gasteiger partial charge in [0.1, 0.15) is 5.82 Å². The van der Waals surface area contributed by atoms with E-state index in [4.69, 9.17) is 5.73 Å². The van der Waals surface area contributed by atoms with Crippen molar-refractivity contribution in [1.29, 1.82) is 0 Å². The maximum absolute atomic E-state index is 12.7. The van der Waals surface area contributed by atoms with Gasteiger partial charge in [0.05, 0.1) is 5.25 Å². The molecule has 2 rings (SSSR count). The van der Waals surface area contributed by atoms with Crippen molar-refractivity contribution >= 4 is 23.1 Å². The number of thiophene rings is 1. The third-order valence-corrected chi connectivity index (χ3v) is 4.58. The predicted octanol–water partition coefficient (Wildman–Crippen LogP) is 3.68. The fourth-order valence-corrected chi connectivity index (χ4v) is 3.32. The zero-order valence-corrected chi connectivity index (χ0v) is 10.2. The van der Waals surface area contributed by atoms with Gasteiger partial charge in [0.25, 0.3) is 0 Å². The summed E-state index contributed by atoms with van der Waals surface area (Å²) < 4.78 is 12.7. The Balaban J connectivity index is 2.10. The van der Waals surface area contributed by atoms with Crippen molar-refractivity contribution < 1.29 is 4.39 Å². The van der Waals surface area contributed by atoms with Crippen molar-refractivity contribution in [2.45, 2.75) is 10.1 Å². The van der Waals surface area contributed by atoms with Crippen LogP contribution in [0.15, 0.2) is 46.7 Å². The fourth-order valence-electron chi connectivity index (χ4n) is 1.37. The van der Waals surface area contributed by atoms with E-state index in [0.29, 0.717) is 6.54 Å². The monoisotopic (exact) mass is 253 g/mol. The molecule has 0 aliphatic heterocycles. The Bertz CT molecular complexity index is 425. The third kappa shape index (κ3) is 2.84. The van der Waals surface area contributed by atoms with Crippen LogP contribution in [0.1, 0.15) is 10.1 Å². The molecule has 0 aliphatic rings. The molecule has 0 fully saturated rings. The minimum atomic E-state index is -0.204. The molecule has 0 spiro atoms. The van der Waals surface area contributed by atoms with Gasteiger partial charge in [0, 0.05) is 16.3 Å². The highest BCUT2D eigenvalue weighted by Gasteiger charge is 2.12. The largest absolute Gasteiger partial charge is 0.329 e. The zero-order valence-electron chi connectivity index (χ0n) is 8.60. The molecule has 1 nitrogen and oxygen atoms in total. The van der Waals surface area contributed by atoms with Gasteiger partial charge in [-0.05, 0) is 35.7 Å². The molecule has 84 valence electrons. The van der Waals surface area contributed by atoms with Gasteiger partial charge in [0.2, 0.25) is 0 Å². The van der Waals surface area contributed by atoms with Gasteiger partial charge in [-0.15, -0.1) is 23.1 Å². The minimum Gasteiger partial charge on any atom is -0.329 e. The number of nitrogens with two attached hydrogens (primary N) is 1. The molecular weight excluding hydrogens is 241 g/mol. The van der Waals surface area contributed by atoms with Crippen LogP contribution in [0.25, 0.3) is 0 Å². The normalized spacial score (nSPS) is 12.6.